The van der Waals surface area contributed by atoms with Crippen molar-refractivity contribution in [3.63, 3.8) is 0 Å². The molecule has 0 aliphatic carbocycles. The van der Waals surface area contributed by atoms with Crippen molar-refractivity contribution < 1.29 is 0 Å². The summed E-state index contributed by atoms with van der Waals surface area (Å²) in [6.07, 6.45) is 0. The van der Waals surface area contributed by atoms with Crippen LogP contribution in [-0.4, -0.2) is 31.1 Å². The van der Waals surface area contributed by atoms with E-state index in [1.54, 1.807) is 0 Å². The molecule has 98 valence electrons. The average Bonchev–Trinajstić information content (AvgIpc) is 2.39. The first kappa shape index (κ1) is 13.3. The smallest absolute Gasteiger partial charge is 0.0235 e. The van der Waals surface area contributed by atoms with Crippen LogP contribution in [-0.2, 0) is 6.54 Å². The maximum Gasteiger partial charge on any atom is 0.0235 e. The van der Waals surface area contributed by atoms with E-state index in [1.165, 1.54) is 22.3 Å². The third kappa shape index (κ3) is 3.44. The van der Waals surface area contributed by atoms with E-state index in [1.807, 2.05) is 0 Å². The Hall–Kier alpha value is -1.12. The van der Waals surface area contributed by atoms with E-state index in [-0.39, 0.29) is 0 Å². The Kier molecular flexibility index (Phi) is 4.56. The highest BCUT2D eigenvalue weighted by molar-refractivity contribution is 5.66. The molecule has 1 N–H and O–H groups in total. The molecular weight excluding hydrogens is 220 g/mol. The second kappa shape index (κ2) is 6.17. The molecule has 0 spiro atoms. The minimum Gasteiger partial charge on any atom is -0.314 e. The number of piperazine rings is 1. The number of benzene rings is 1. The summed E-state index contributed by atoms with van der Waals surface area (Å²) in [5.41, 5.74) is 5.59. The third-order valence-electron chi connectivity index (χ3n) is 3.73. The summed E-state index contributed by atoms with van der Waals surface area (Å²) in [4.78, 5) is 2.52. The lowest BCUT2D eigenvalue weighted by molar-refractivity contribution is 0.233. The Balaban J connectivity index is 2.09. The molecule has 1 aromatic carbocycles. The number of allylic oxidation sites excluding steroid dienone is 2. The molecule has 0 saturated carbocycles. The molecule has 2 heteroatoms. The van der Waals surface area contributed by atoms with Crippen LogP contribution in [0.15, 0.2) is 29.8 Å². The summed E-state index contributed by atoms with van der Waals surface area (Å²) in [6, 6.07) is 8.97. The van der Waals surface area contributed by atoms with E-state index in [2.05, 4.69) is 55.3 Å². The maximum atomic E-state index is 3.40. The molecule has 18 heavy (non-hydrogen) atoms. The molecule has 2 nitrogen and oxygen atoms in total. The van der Waals surface area contributed by atoms with Crippen LogP contribution in [0.25, 0.3) is 5.57 Å². The van der Waals surface area contributed by atoms with Crippen molar-refractivity contribution in [3.8, 4) is 0 Å². The third-order valence-corrected chi connectivity index (χ3v) is 3.73. The second-order valence-corrected chi connectivity index (χ2v) is 5.35. The molecule has 1 fully saturated rings. The zero-order valence-electron chi connectivity index (χ0n) is 11.8. The van der Waals surface area contributed by atoms with Gasteiger partial charge in [0, 0.05) is 32.7 Å². The van der Waals surface area contributed by atoms with Crippen LogP contribution in [0, 0.1) is 0 Å². The molecule has 1 saturated heterocycles. The van der Waals surface area contributed by atoms with Gasteiger partial charge >= 0.3 is 0 Å². The van der Waals surface area contributed by atoms with Crippen molar-refractivity contribution in [2.24, 2.45) is 0 Å². The SMILES string of the molecule is CC(C)=C(C)c1cccc(CN2CCNCC2)c1. The van der Waals surface area contributed by atoms with E-state index in [9.17, 15) is 0 Å². The van der Waals surface area contributed by atoms with Gasteiger partial charge in [0.15, 0.2) is 0 Å². The minimum atomic E-state index is 1.07. The fourth-order valence-corrected chi connectivity index (χ4v) is 2.32. The molecule has 1 heterocycles. The van der Waals surface area contributed by atoms with Gasteiger partial charge < -0.3 is 5.32 Å². The lowest BCUT2D eigenvalue weighted by Crippen LogP contribution is -2.42. The Labute approximate surface area is 111 Å². The molecule has 0 radical (unpaired) electrons. The van der Waals surface area contributed by atoms with Crippen molar-refractivity contribution >= 4 is 5.57 Å². The number of hydrogen-bond donors (Lipinski definition) is 1. The summed E-state index contributed by atoms with van der Waals surface area (Å²) < 4.78 is 0. The molecule has 0 unspecified atom stereocenters. The van der Waals surface area contributed by atoms with Gasteiger partial charge in [-0.3, -0.25) is 4.90 Å². The van der Waals surface area contributed by atoms with Gasteiger partial charge in [0.2, 0.25) is 0 Å². The van der Waals surface area contributed by atoms with Crippen LogP contribution in [0.4, 0.5) is 0 Å². The number of nitrogens with one attached hydrogen (secondary N) is 1. The molecule has 1 aliphatic rings. The Morgan fingerprint density at radius 3 is 2.56 bits per heavy atom. The van der Waals surface area contributed by atoms with Crippen LogP contribution in [0.3, 0.4) is 0 Å². The quantitative estimate of drug-likeness (QED) is 0.879. The highest BCUT2D eigenvalue weighted by Gasteiger charge is 2.10. The standard InChI is InChI=1S/C16H24N2/c1-13(2)14(3)16-6-4-5-15(11-16)12-18-9-7-17-8-10-18/h4-6,11,17H,7-10,12H2,1-3H3. The number of nitrogens with zero attached hydrogens (tertiary/aromatic N) is 1. The Morgan fingerprint density at radius 2 is 1.89 bits per heavy atom. The molecule has 2 rings (SSSR count). The second-order valence-electron chi connectivity index (χ2n) is 5.35. The molecule has 0 atom stereocenters. The van der Waals surface area contributed by atoms with Gasteiger partial charge in [-0.25, -0.2) is 0 Å². The first-order valence-corrected chi connectivity index (χ1v) is 6.83. The van der Waals surface area contributed by atoms with Crippen LogP contribution >= 0.6 is 0 Å². The lowest BCUT2D eigenvalue weighted by atomic mass is 10.0. The molecule has 0 amide bonds. The summed E-state index contributed by atoms with van der Waals surface area (Å²) in [5, 5.41) is 3.40. The summed E-state index contributed by atoms with van der Waals surface area (Å²) in [7, 11) is 0. The van der Waals surface area contributed by atoms with Gasteiger partial charge in [-0.2, -0.15) is 0 Å². The summed E-state index contributed by atoms with van der Waals surface area (Å²) >= 11 is 0. The Bertz CT molecular complexity index is 424. The first-order chi connectivity index (χ1) is 8.66. The van der Waals surface area contributed by atoms with E-state index in [0.29, 0.717) is 0 Å². The summed E-state index contributed by atoms with van der Waals surface area (Å²) in [6.45, 7) is 12.2. The highest BCUT2D eigenvalue weighted by atomic mass is 15.2. The largest absolute Gasteiger partial charge is 0.314 e. The molecule has 1 aromatic rings. The van der Waals surface area contributed by atoms with Crippen molar-refractivity contribution in [1.29, 1.82) is 0 Å². The lowest BCUT2D eigenvalue weighted by Gasteiger charge is -2.27. The zero-order valence-corrected chi connectivity index (χ0v) is 11.8. The molecular formula is C16H24N2. The Morgan fingerprint density at radius 1 is 1.17 bits per heavy atom. The van der Waals surface area contributed by atoms with Gasteiger partial charge in [-0.05, 0) is 37.5 Å². The van der Waals surface area contributed by atoms with Gasteiger partial charge in [0.05, 0.1) is 0 Å². The van der Waals surface area contributed by atoms with Gasteiger partial charge in [-0.15, -0.1) is 0 Å². The fraction of sp³-hybridized carbons (Fsp3) is 0.500. The van der Waals surface area contributed by atoms with Crippen LogP contribution in [0.2, 0.25) is 0 Å². The monoisotopic (exact) mass is 244 g/mol. The number of hydrogen-bond acceptors (Lipinski definition) is 2. The van der Waals surface area contributed by atoms with Gasteiger partial charge in [-0.1, -0.05) is 29.8 Å². The first-order valence-electron chi connectivity index (χ1n) is 6.83. The van der Waals surface area contributed by atoms with Crippen LogP contribution in [0.1, 0.15) is 31.9 Å². The minimum absolute atomic E-state index is 1.07. The van der Waals surface area contributed by atoms with E-state index in [4.69, 9.17) is 0 Å². The predicted octanol–water partition coefficient (Wildman–Crippen LogP) is 2.91. The van der Waals surface area contributed by atoms with Crippen LogP contribution in [0.5, 0.6) is 0 Å². The predicted molar refractivity (Wildman–Crippen MR) is 78.5 cm³/mol. The zero-order chi connectivity index (χ0) is 13.0. The number of rotatable bonds is 3. The molecule has 0 aromatic heterocycles. The summed E-state index contributed by atoms with van der Waals surface area (Å²) in [5.74, 6) is 0. The highest BCUT2D eigenvalue weighted by Crippen LogP contribution is 2.19. The van der Waals surface area contributed by atoms with Gasteiger partial charge in [0.25, 0.3) is 0 Å². The van der Waals surface area contributed by atoms with Crippen molar-refractivity contribution in [2.75, 3.05) is 26.2 Å². The fourth-order valence-electron chi connectivity index (χ4n) is 2.32. The van der Waals surface area contributed by atoms with Crippen LogP contribution < -0.4 is 5.32 Å². The van der Waals surface area contributed by atoms with Crippen molar-refractivity contribution in [3.05, 3.63) is 41.0 Å². The van der Waals surface area contributed by atoms with Gasteiger partial charge in [0.1, 0.15) is 0 Å². The topological polar surface area (TPSA) is 15.3 Å². The normalized spacial score (nSPS) is 16.6. The van der Waals surface area contributed by atoms with Crippen molar-refractivity contribution in [2.45, 2.75) is 27.3 Å². The average molecular weight is 244 g/mol. The maximum absolute atomic E-state index is 3.40. The molecule has 1 aliphatic heterocycles. The van der Waals surface area contributed by atoms with E-state index >= 15 is 0 Å². The van der Waals surface area contributed by atoms with E-state index in [0.717, 1.165) is 32.7 Å². The van der Waals surface area contributed by atoms with E-state index < -0.39 is 0 Å². The molecule has 0 bridgehead atoms. The van der Waals surface area contributed by atoms with Crippen molar-refractivity contribution in [1.82, 2.24) is 10.2 Å².